The molecule has 1 aliphatic rings. The molecule has 142 valence electrons. The third-order valence-corrected chi connectivity index (χ3v) is 6.35. The summed E-state index contributed by atoms with van der Waals surface area (Å²) in [5, 5.41) is 8.30. The fourth-order valence-corrected chi connectivity index (χ4v) is 4.45. The number of carbonyl (C=O) groups excluding carboxylic acids is 1. The van der Waals surface area contributed by atoms with Crippen molar-refractivity contribution in [3.63, 3.8) is 0 Å². The first-order chi connectivity index (χ1) is 13.4. The van der Waals surface area contributed by atoms with Crippen LogP contribution in [0, 0.1) is 13.8 Å². The van der Waals surface area contributed by atoms with Gasteiger partial charge in [-0.1, -0.05) is 64.9 Å². The number of Topliss-reactive ketones (excluding diaryl/α,β-unsaturated/α-hetero) is 1. The third kappa shape index (κ3) is 3.60. The van der Waals surface area contributed by atoms with Crippen LogP contribution in [0.15, 0.2) is 53.6 Å². The van der Waals surface area contributed by atoms with E-state index >= 15 is 0 Å². The Morgan fingerprint density at radius 2 is 1.79 bits per heavy atom. The van der Waals surface area contributed by atoms with Crippen LogP contribution in [0.1, 0.15) is 51.4 Å². The number of nitrogens with zero attached hydrogens (tertiary/aromatic N) is 3. The zero-order chi connectivity index (χ0) is 19.8. The summed E-state index contributed by atoms with van der Waals surface area (Å²) in [6, 6.07) is 16.3. The lowest BCUT2D eigenvalue weighted by molar-refractivity contribution is 0.102. The summed E-state index contributed by atoms with van der Waals surface area (Å²) in [6.45, 7) is 5.52. The first-order valence-corrected chi connectivity index (χ1v) is 10.3. The molecule has 6 heteroatoms. The van der Waals surface area contributed by atoms with E-state index in [0.717, 1.165) is 34.1 Å². The van der Waals surface area contributed by atoms with Crippen molar-refractivity contribution in [3.8, 4) is 0 Å². The first-order valence-electron chi connectivity index (χ1n) is 9.10. The predicted molar refractivity (Wildman–Crippen MR) is 116 cm³/mol. The number of thiazole rings is 1. The molecule has 4 rings (SSSR count). The second-order valence-corrected chi connectivity index (χ2v) is 8.41. The van der Waals surface area contributed by atoms with Crippen LogP contribution >= 0.6 is 22.9 Å². The number of ketones is 1. The third-order valence-electron chi connectivity index (χ3n) is 4.85. The molecular formula is C22H20ClN3OS. The molecule has 1 aliphatic heterocycles. The maximum atomic E-state index is 11.9. The summed E-state index contributed by atoms with van der Waals surface area (Å²) in [7, 11) is 0. The molecule has 2 heterocycles. The van der Waals surface area contributed by atoms with Gasteiger partial charge < -0.3 is 0 Å². The minimum Gasteiger partial charge on any atom is -0.294 e. The smallest absolute Gasteiger partial charge is 0.207 e. The zero-order valence-corrected chi connectivity index (χ0v) is 17.5. The molecule has 0 aliphatic carbocycles. The van der Waals surface area contributed by atoms with Gasteiger partial charge in [-0.25, -0.2) is 9.99 Å². The average molecular weight is 410 g/mol. The fourth-order valence-electron chi connectivity index (χ4n) is 3.36. The van der Waals surface area contributed by atoms with Gasteiger partial charge in [-0.15, -0.1) is 0 Å². The molecule has 0 radical (unpaired) electrons. The summed E-state index contributed by atoms with van der Waals surface area (Å²) in [5.74, 6) is 0.0335. The SMILES string of the molecule is CC(=O)c1sc(N2N=C(c3ccc(C)cc3)C[C@H]2c2ccc(Cl)cc2)nc1C. The van der Waals surface area contributed by atoms with E-state index < -0.39 is 0 Å². The van der Waals surface area contributed by atoms with Gasteiger partial charge in [0, 0.05) is 18.4 Å². The van der Waals surface area contributed by atoms with Crippen molar-refractivity contribution >= 4 is 39.6 Å². The molecule has 0 spiro atoms. The molecule has 1 aromatic heterocycles. The summed E-state index contributed by atoms with van der Waals surface area (Å²) in [6.07, 6.45) is 0.763. The molecule has 2 aromatic carbocycles. The van der Waals surface area contributed by atoms with Crippen LogP contribution in [0.25, 0.3) is 0 Å². The van der Waals surface area contributed by atoms with Crippen LogP contribution in [0.5, 0.6) is 0 Å². The fraction of sp³-hybridized carbons (Fsp3) is 0.227. The number of hydrogen-bond acceptors (Lipinski definition) is 5. The predicted octanol–water partition coefficient (Wildman–Crippen LogP) is 5.97. The number of aryl methyl sites for hydroxylation is 2. The van der Waals surface area contributed by atoms with E-state index in [9.17, 15) is 4.79 Å². The van der Waals surface area contributed by atoms with Crippen molar-refractivity contribution < 1.29 is 4.79 Å². The molecular weight excluding hydrogens is 390 g/mol. The van der Waals surface area contributed by atoms with Gasteiger partial charge in [0.05, 0.1) is 22.3 Å². The van der Waals surface area contributed by atoms with Crippen LogP contribution in [-0.4, -0.2) is 16.5 Å². The number of halogens is 1. The van der Waals surface area contributed by atoms with Gasteiger partial charge in [0.25, 0.3) is 0 Å². The van der Waals surface area contributed by atoms with Crippen molar-refractivity contribution in [3.05, 3.63) is 80.8 Å². The van der Waals surface area contributed by atoms with Crippen molar-refractivity contribution in [2.45, 2.75) is 33.2 Å². The highest BCUT2D eigenvalue weighted by Gasteiger charge is 2.32. The summed E-state index contributed by atoms with van der Waals surface area (Å²) >= 11 is 7.48. The Bertz CT molecular complexity index is 1050. The Morgan fingerprint density at radius 3 is 2.39 bits per heavy atom. The Balaban J connectivity index is 1.77. The summed E-state index contributed by atoms with van der Waals surface area (Å²) < 4.78 is 0. The number of rotatable bonds is 4. The Hall–Kier alpha value is -2.50. The van der Waals surface area contributed by atoms with E-state index in [1.807, 2.05) is 36.2 Å². The van der Waals surface area contributed by atoms with Gasteiger partial charge in [0.2, 0.25) is 5.13 Å². The van der Waals surface area contributed by atoms with Gasteiger partial charge in [-0.05, 0) is 37.1 Å². The van der Waals surface area contributed by atoms with Crippen LogP contribution in [0.3, 0.4) is 0 Å². The first kappa shape index (κ1) is 18.8. The molecule has 0 saturated carbocycles. The monoisotopic (exact) mass is 409 g/mol. The number of benzene rings is 2. The second-order valence-electron chi connectivity index (χ2n) is 7.00. The number of anilines is 1. The highest BCUT2D eigenvalue weighted by Crippen LogP contribution is 2.39. The van der Waals surface area contributed by atoms with Crippen molar-refractivity contribution in [2.75, 3.05) is 5.01 Å². The van der Waals surface area contributed by atoms with E-state index in [1.165, 1.54) is 16.9 Å². The topological polar surface area (TPSA) is 45.6 Å². The number of carbonyl (C=O) groups is 1. The standard InChI is InChI=1S/C22H20ClN3OS/c1-13-4-6-16(7-5-13)19-12-20(17-8-10-18(23)11-9-17)26(25-19)22-24-14(2)21(28-22)15(3)27/h4-11,20H,12H2,1-3H3/t20-/m0/s1. The Labute approximate surface area is 173 Å². The lowest BCUT2D eigenvalue weighted by atomic mass is 9.98. The minimum absolute atomic E-state index is 0.0129. The molecule has 0 unspecified atom stereocenters. The molecule has 0 bridgehead atoms. The average Bonchev–Trinajstić information content (AvgIpc) is 3.27. The molecule has 4 nitrogen and oxygen atoms in total. The van der Waals surface area contributed by atoms with Crippen LogP contribution in [0.4, 0.5) is 5.13 Å². The Kier molecular flexibility index (Phi) is 5.04. The lowest BCUT2D eigenvalue weighted by Gasteiger charge is -2.21. The molecule has 28 heavy (non-hydrogen) atoms. The van der Waals surface area contributed by atoms with Crippen molar-refractivity contribution in [2.24, 2.45) is 5.10 Å². The van der Waals surface area contributed by atoms with Crippen LogP contribution in [0.2, 0.25) is 5.02 Å². The summed E-state index contributed by atoms with van der Waals surface area (Å²) in [4.78, 5) is 17.2. The molecule has 3 aromatic rings. The maximum absolute atomic E-state index is 11.9. The van der Waals surface area contributed by atoms with Gasteiger partial charge in [0.15, 0.2) is 5.78 Å². The molecule has 0 amide bonds. The molecule has 0 saturated heterocycles. The van der Waals surface area contributed by atoms with E-state index in [2.05, 4.69) is 36.2 Å². The lowest BCUT2D eigenvalue weighted by Crippen LogP contribution is -2.18. The van der Waals surface area contributed by atoms with Crippen molar-refractivity contribution in [1.82, 2.24) is 4.98 Å². The van der Waals surface area contributed by atoms with Gasteiger partial charge in [0.1, 0.15) is 0 Å². The summed E-state index contributed by atoms with van der Waals surface area (Å²) in [5.41, 5.74) is 5.20. The zero-order valence-electron chi connectivity index (χ0n) is 15.9. The van der Waals surface area contributed by atoms with E-state index in [1.54, 1.807) is 6.92 Å². The molecule has 1 atom stereocenters. The van der Waals surface area contributed by atoms with Crippen LogP contribution in [-0.2, 0) is 0 Å². The Morgan fingerprint density at radius 1 is 1.11 bits per heavy atom. The normalized spacial score (nSPS) is 16.4. The van der Waals surface area contributed by atoms with Gasteiger partial charge >= 0.3 is 0 Å². The number of aromatic nitrogens is 1. The molecule has 0 fully saturated rings. The van der Waals surface area contributed by atoms with Crippen LogP contribution < -0.4 is 5.01 Å². The minimum atomic E-state index is 0.0129. The number of hydrogen-bond donors (Lipinski definition) is 0. The quantitative estimate of drug-likeness (QED) is 0.498. The van der Waals surface area contributed by atoms with Crippen molar-refractivity contribution in [1.29, 1.82) is 0 Å². The highest BCUT2D eigenvalue weighted by molar-refractivity contribution is 7.17. The van der Waals surface area contributed by atoms with E-state index in [4.69, 9.17) is 16.7 Å². The van der Waals surface area contributed by atoms with Gasteiger partial charge in [-0.2, -0.15) is 5.10 Å². The second kappa shape index (κ2) is 7.49. The number of hydrazone groups is 1. The molecule has 0 N–H and O–H groups in total. The van der Waals surface area contributed by atoms with E-state index in [-0.39, 0.29) is 11.8 Å². The van der Waals surface area contributed by atoms with E-state index in [0.29, 0.717) is 9.90 Å². The van der Waals surface area contributed by atoms with Gasteiger partial charge in [-0.3, -0.25) is 4.79 Å². The maximum Gasteiger partial charge on any atom is 0.207 e. The highest BCUT2D eigenvalue weighted by atomic mass is 35.5. The largest absolute Gasteiger partial charge is 0.294 e.